The van der Waals surface area contributed by atoms with Gasteiger partial charge >= 0.3 is 5.97 Å². The molecule has 0 aromatic heterocycles. The van der Waals surface area contributed by atoms with E-state index in [9.17, 15) is 4.79 Å². The van der Waals surface area contributed by atoms with Gasteiger partial charge < -0.3 is 28.7 Å². The van der Waals surface area contributed by atoms with Crippen molar-refractivity contribution in [1.29, 1.82) is 0 Å². The average molecular weight is 364 g/mol. The van der Waals surface area contributed by atoms with E-state index in [1.165, 1.54) is 0 Å². The van der Waals surface area contributed by atoms with E-state index in [0.717, 1.165) is 19.3 Å². The quantitative estimate of drug-likeness (QED) is 0.294. The fourth-order valence-corrected chi connectivity index (χ4v) is 0.660. The summed E-state index contributed by atoms with van der Waals surface area (Å²) in [6.07, 6.45) is 2.86. The van der Waals surface area contributed by atoms with Gasteiger partial charge in [0.1, 0.15) is 0 Å². The van der Waals surface area contributed by atoms with E-state index in [0.29, 0.717) is 6.61 Å². The molecule has 0 saturated carbocycles. The molecule has 0 amide bonds. The van der Waals surface area contributed by atoms with Crippen LogP contribution in [-0.2, 0) is 29.0 Å². The first-order valence-electron chi connectivity index (χ1n) is 4.45. The van der Waals surface area contributed by atoms with Crippen molar-refractivity contribution in [3.05, 3.63) is 6.92 Å². The third-order valence-corrected chi connectivity index (χ3v) is 1.49. The summed E-state index contributed by atoms with van der Waals surface area (Å²) < 4.78 is 5.04. The molecule has 0 saturated heterocycles. The molecule has 0 aliphatic carbocycles. The molecule has 0 fully saturated rings. The zero-order chi connectivity index (χ0) is 9.61. The van der Waals surface area contributed by atoms with E-state index in [4.69, 9.17) is 4.74 Å². The molecular weight excluding hydrogens is 344 g/mol. The van der Waals surface area contributed by atoms with Gasteiger partial charge in [-0.3, -0.25) is 4.79 Å². The van der Waals surface area contributed by atoms with Crippen LogP contribution < -0.4 is 24.0 Å². The summed E-state index contributed by atoms with van der Waals surface area (Å²) in [6.45, 7) is 9.82. The van der Waals surface area contributed by atoms with Crippen LogP contribution >= 0.6 is 0 Å². The molecule has 0 heterocycles. The summed E-state index contributed by atoms with van der Waals surface area (Å²) in [5, 5.41) is 0. The number of carbonyl (C=O) groups is 1. The predicted molar refractivity (Wildman–Crippen MR) is 49.6 cm³/mol. The van der Waals surface area contributed by atoms with Gasteiger partial charge in [0.05, 0.1) is 12.0 Å². The SMILES string of the molecule is [CH2]CCCCOC(=O)C(C)(C)C.[I-].[Zn]. The normalized spacial score (nSPS) is 9.71. The molecule has 0 aromatic carbocycles. The van der Waals surface area contributed by atoms with Crippen molar-refractivity contribution < 1.29 is 53.0 Å². The molecule has 0 aliphatic heterocycles. The first-order valence-corrected chi connectivity index (χ1v) is 4.45. The second-order valence-electron chi connectivity index (χ2n) is 3.95. The van der Waals surface area contributed by atoms with Crippen LogP contribution in [0.5, 0.6) is 0 Å². The number of unbranched alkanes of at least 4 members (excludes halogenated alkanes) is 2. The van der Waals surface area contributed by atoms with Gasteiger partial charge in [0.15, 0.2) is 0 Å². The van der Waals surface area contributed by atoms with Gasteiger partial charge in [-0.15, -0.1) is 0 Å². The standard InChI is InChI=1S/C10H19O2.HI.Zn/c1-5-6-7-8-12-9(11)10(2,3)4;;/h1,5-8H2,2-4H3;1H;/p-1. The summed E-state index contributed by atoms with van der Waals surface area (Å²) in [5.74, 6) is -0.119. The van der Waals surface area contributed by atoms with Crippen LogP contribution in [0.2, 0.25) is 0 Å². The van der Waals surface area contributed by atoms with Crippen molar-refractivity contribution in [1.82, 2.24) is 0 Å². The van der Waals surface area contributed by atoms with Crippen LogP contribution in [0, 0.1) is 12.3 Å². The number of carbonyl (C=O) groups excluding carboxylic acids is 1. The predicted octanol–water partition coefficient (Wildman–Crippen LogP) is -0.418. The van der Waals surface area contributed by atoms with Gasteiger partial charge in [-0.05, 0) is 27.2 Å². The van der Waals surface area contributed by atoms with Crippen LogP contribution in [0.1, 0.15) is 40.0 Å². The van der Waals surface area contributed by atoms with Crippen LogP contribution in [0.25, 0.3) is 0 Å². The van der Waals surface area contributed by atoms with Crippen molar-refractivity contribution in [2.75, 3.05) is 6.61 Å². The summed E-state index contributed by atoms with van der Waals surface area (Å²) in [7, 11) is 0. The van der Waals surface area contributed by atoms with Crippen LogP contribution in [0.3, 0.4) is 0 Å². The molecule has 0 aliphatic rings. The Morgan fingerprint density at radius 2 is 1.79 bits per heavy atom. The first-order chi connectivity index (χ1) is 5.48. The Morgan fingerprint density at radius 3 is 2.14 bits per heavy atom. The maximum absolute atomic E-state index is 11.2. The van der Waals surface area contributed by atoms with E-state index in [1.807, 2.05) is 20.8 Å². The van der Waals surface area contributed by atoms with Crippen LogP contribution in [0.15, 0.2) is 0 Å². The zero-order valence-electron chi connectivity index (χ0n) is 9.44. The third-order valence-electron chi connectivity index (χ3n) is 1.49. The molecule has 0 aromatic rings. The molecule has 0 spiro atoms. The van der Waals surface area contributed by atoms with E-state index in [-0.39, 0.29) is 54.8 Å². The van der Waals surface area contributed by atoms with Gasteiger partial charge in [0.25, 0.3) is 0 Å². The largest absolute Gasteiger partial charge is 1.00 e. The zero-order valence-corrected chi connectivity index (χ0v) is 14.6. The minimum atomic E-state index is -0.371. The van der Waals surface area contributed by atoms with E-state index in [1.54, 1.807) is 0 Å². The Labute approximate surface area is 117 Å². The topological polar surface area (TPSA) is 26.3 Å². The number of hydrogen-bond acceptors (Lipinski definition) is 2. The molecular formula is C10H19IO2Zn-. The smallest absolute Gasteiger partial charge is 0.311 e. The van der Waals surface area contributed by atoms with Crippen molar-refractivity contribution >= 4 is 5.97 Å². The molecule has 0 bridgehead atoms. The molecule has 1 radical (unpaired) electrons. The Hall–Kier alpha value is 0.823. The summed E-state index contributed by atoms with van der Waals surface area (Å²) in [5.41, 5.74) is -0.371. The minimum absolute atomic E-state index is 0. The minimum Gasteiger partial charge on any atom is -1.00 e. The van der Waals surface area contributed by atoms with Crippen LogP contribution in [0.4, 0.5) is 0 Å². The Balaban J connectivity index is -0.000000605. The number of rotatable bonds is 4. The molecule has 0 N–H and O–H groups in total. The Morgan fingerprint density at radius 1 is 1.29 bits per heavy atom. The Kier molecular flexibility index (Phi) is 15.0. The van der Waals surface area contributed by atoms with Crippen LogP contribution in [-0.4, -0.2) is 12.6 Å². The fourth-order valence-electron chi connectivity index (χ4n) is 0.660. The van der Waals surface area contributed by atoms with Gasteiger partial charge in [-0.1, -0.05) is 19.8 Å². The van der Waals surface area contributed by atoms with E-state index in [2.05, 4.69) is 6.92 Å². The van der Waals surface area contributed by atoms with E-state index >= 15 is 0 Å². The average Bonchev–Trinajstić information content (AvgIpc) is 1.96. The van der Waals surface area contributed by atoms with Gasteiger partial charge in [0, 0.05) is 19.5 Å². The molecule has 14 heavy (non-hydrogen) atoms. The van der Waals surface area contributed by atoms with Crippen molar-refractivity contribution in [2.24, 2.45) is 5.41 Å². The summed E-state index contributed by atoms with van der Waals surface area (Å²) in [4.78, 5) is 11.2. The molecule has 0 rings (SSSR count). The second kappa shape index (κ2) is 10.3. The monoisotopic (exact) mass is 362 g/mol. The van der Waals surface area contributed by atoms with Gasteiger partial charge in [-0.25, -0.2) is 0 Å². The molecule has 0 unspecified atom stereocenters. The number of halogens is 1. The number of esters is 1. The molecule has 81 valence electrons. The van der Waals surface area contributed by atoms with Gasteiger partial charge in [-0.2, -0.15) is 0 Å². The van der Waals surface area contributed by atoms with E-state index < -0.39 is 0 Å². The Bertz CT molecular complexity index is 144. The third kappa shape index (κ3) is 10.9. The second-order valence-corrected chi connectivity index (χ2v) is 3.95. The molecule has 2 nitrogen and oxygen atoms in total. The first kappa shape index (κ1) is 20.3. The van der Waals surface area contributed by atoms with Crippen molar-refractivity contribution in [2.45, 2.75) is 40.0 Å². The molecule has 4 heteroatoms. The fraction of sp³-hybridized carbons (Fsp3) is 0.800. The maximum atomic E-state index is 11.2. The number of ether oxygens (including phenoxy) is 1. The van der Waals surface area contributed by atoms with Gasteiger partial charge in [0.2, 0.25) is 0 Å². The van der Waals surface area contributed by atoms with Crippen molar-refractivity contribution in [3.8, 4) is 0 Å². The van der Waals surface area contributed by atoms with Crippen molar-refractivity contribution in [3.63, 3.8) is 0 Å². The summed E-state index contributed by atoms with van der Waals surface area (Å²) >= 11 is 0. The maximum Gasteiger partial charge on any atom is 0.311 e. The number of hydrogen-bond donors (Lipinski definition) is 0. The molecule has 0 atom stereocenters. The summed E-state index contributed by atoms with van der Waals surface area (Å²) in [6, 6.07) is 0.